The van der Waals surface area contributed by atoms with Crippen LogP contribution in [0.25, 0.3) is 0 Å². The third kappa shape index (κ3) is 3.14. The highest BCUT2D eigenvalue weighted by Gasteiger charge is 2.31. The molecule has 0 aliphatic carbocycles. The highest BCUT2D eigenvalue weighted by molar-refractivity contribution is 7.86. The zero-order valence-corrected chi connectivity index (χ0v) is 10.3. The smallest absolute Gasteiger partial charge is 0.281 e. The van der Waals surface area contributed by atoms with Gasteiger partial charge in [0, 0.05) is 26.7 Å². The largest absolute Gasteiger partial charge is 0.330 e. The van der Waals surface area contributed by atoms with Crippen LogP contribution >= 0.6 is 0 Å². The second-order valence-electron chi connectivity index (χ2n) is 4.22. The van der Waals surface area contributed by atoms with Crippen molar-refractivity contribution in [3.63, 3.8) is 0 Å². The molecule has 0 spiro atoms. The van der Waals surface area contributed by atoms with Crippen LogP contribution in [0.4, 0.5) is 0 Å². The third-order valence-corrected chi connectivity index (χ3v) is 4.74. The number of nitrogens with two attached hydrogens (primary N) is 1. The van der Waals surface area contributed by atoms with Crippen molar-refractivity contribution in [2.24, 2.45) is 11.7 Å². The summed E-state index contributed by atoms with van der Waals surface area (Å²) in [6.45, 7) is 4.40. The third-order valence-electron chi connectivity index (χ3n) is 2.78. The van der Waals surface area contributed by atoms with Crippen molar-refractivity contribution in [1.29, 1.82) is 0 Å². The standard InChI is InChI=1S/C9H21N3O2S/c1-9-4-7-12(8-9)15(13,14)11(2)6-3-5-10/h9H,3-8,10H2,1-2H3. The predicted octanol–water partition coefficient (Wildman–Crippen LogP) is -0.146. The maximum absolute atomic E-state index is 12.0. The molecule has 0 saturated carbocycles. The normalized spacial score (nSPS) is 23.9. The van der Waals surface area contributed by atoms with Gasteiger partial charge in [-0.15, -0.1) is 0 Å². The van der Waals surface area contributed by atoms with Crippen molar-refractivity contribution in [2.75, 3.05) is 33.2 Å². The predicted molar refractivity (Wildman–Crippen MR) is 60.6 cm³/mol. The van der Waals surface area contributed by atoms with Gasteiger partial charge in [-0.25, -0.2) is 0 Å². The van der Waals surface area contributed by atoms with Crippen LogP contribution in [0.3, 0.4) is 0 Å². The lowest BCUT2D eigenvalue weighted by molar-refractivity contribution is 0.387. The molecule has 1 unspecified atom stereocenters. The number of nitrogens with zero attached hydrogens (tertiary/aromatic N) is 2. The van der Waals surface area contributed by atoms with E-state index in [1.807, 2.05) is 0 Å². The van der Waals surface area contributed by atoms with Crippen LogP contribution in [0.1, 0.15) is 19.8 Å². The summed E-state index contributed by atoms with van der Waals surface area (Å²) < 4.78 is 27.0. The first-order chi connectivity index (χ1) is 6.98. The molecule has 2 N–H and O–H groups in total. The van der Waals surface area contributed by atoms with Crippen molar-refractivity contribution in [1.82, 2.24) is 8.61 Å². The Bertz CT molecular complexity index is 292. The molecule has 1 aliphatic heterocycles. The molecule has 15 heavy (non-hydrogen) atoms. The molecule has 0 aromatic heterocycles. The minimum Gasteiger partial charge on any atom is -0.330 e. The highest BCUT2D eigenvalue weighted by atomic mass is 32.2. The lowest BCUT2D eigenvalue weighted by atomic mass is 10.2. The summed E-state index contributed by atoms with van der Waals surface area (Å²) in [5.41, 5.74) is 5.36. The average Bonchev–Trinajstić information content (AvgIpc) is 2.61. The topological polar surface area (TPSA) is 66.6 Å². The van der Waals surface area contributed by atoms with Gasteiger partial charge in [-0.05, 0) is 25.3 Å². The lowest BCUT2D eigenvalue weighted by Crippen LogP contribution is -2.41. The Hall–Kier alpha value is -0.170. The van der Waals surface area contributed by atoms with Crippen molar-refractivity contribution >= 4 is 10.2 Å². The Labute approximate surface area is 92.4 Å². The SMILES string of the molecule is CC1CCN(S(=O)(=O)N(C)CCCN)C1. The van der Waals surface area contributed by atoms with Crippen LogP contribution in [-0.4, -0.2) is 50.3 Å². The second kappa shape index (κ2) is 5.25. The highest BCUT2D eigenvalue weighted by Crippen LogP contribution is 2.20. The van der Waals surface area contributed by atoms with Crippen LogP contribution in [-0.2, 0) is 10.2 Å². The molecule has 1 aliphatic rings. The molecule has 1 rings (SSSR count). The van der Waals surface area contributed by atoms with E-state index >= 15 is 0 Å². The van der Waals surface area contributed by atoms with E-state index in [2.05, 4.69) is 6.92 Å². The van der Waals surface area contributed by atoms with Gasteiger partial charge in [-0.1, -0.05) is 6.92 Å². The first-order valence-corrected chi connectivity index (χ1v) is 6.79. The molecule has 90 valence electrons. The van der Waals surface area contributed by atoms with Gasteiger partial charge in [-0.2, -0.15) is 17.0 Å². The zero-order valence-electron chi connectivity index (χ0n) is 9.52. The molecule has 0 bridgehead atoms. The fraction of sp³-hybridized carbons (Fsp3) is 1.00. The van der Waals surface area contributed by atoms with Crippen molar-refractivity contribution in [3.8, 4) is 0 Å². The van der Waals surface area contributed by atoms with Crippen LogP contribution in [0.15, 0.2) is 0 Å². The van der Waals surface area contributed by atoms with Gasteiger partial charge in [-0.3, -0.25) is 0 Å². The number of hydrogen-bond acceptors (Lipinski definition) is 3. The Balaban J connectivity index is 2.57. The lowest BCUT2D eigenvalue weighted by Gasteiger charge is -2.23. The van der Waals surface area contributed by atoms with Crippen molar-refractivity contribution in [3.05, 3.63) is 0 Å². The van der Waals surface area contributed by atoms with Crippen LogP contribution < -0.4 is 5.73 Å². The quantitative estimate of drug-likeness (QED) is 0.721. The molecule has 6 heteroatoms. The average molecular weight is 235 g/mol. The Morgan fingerprint density at radius 3 is 2.67 bits per heavy atom. The molecule has 0 amide bonds. The van der Waals surface area contributed by atoms with E-state index in [1.165, 1.54) is 4.31 Å². The molecule has 0 aromatic rings. The van der Waals surface area contributed by atoms with Crippen LogP contribution in [0, 0.1) is 5.92 Å². The molecule has 0 radical (unpaired) electrons. The van der Waals surface area contributed by atoms with E-state index in [4.69, 9.17) is 5.73 Å². The number of rotatable bonds is 5. The van der Waals surface area contributed by atoms with Gasteiger partial charge in [0.1, 0.15) is 0 Å². The van der Waals surface area contributed by atoms with E-state index in [0.717, 1.165) is 6.42 Å². The first kappa shape index (κ1) is 12.9. The van der Waals surface area contributed by atoms with Crippen LogP contribution in [0.2, 0.25) is 0 Å². The zero-order chi connectivity index (χ0) is 11.5. The van der Waals surface area contributed by atoms with Gasteiger partial charge in [0.05, 0.1) is 0 Å². The summed E-state index contributed by atoms with van der Waals surface area (Å²) in [4.78, 5) is 0. The molecular weight excluding hydrogens is 214 g/mol. The molecule has 1 saturated heterocycles. The van der Waals surface area contributed by atoms with E-state index in [-0.39, 0.29) is 0 Å². The first-order valence-electron chi connectivity index (χ1n) is 5.40. The van der Waals surface area contributed by atoms with E-state index in [9.17, 15) is 8.42 Å². The minimum atomic E-state index is -3.23. The molecule has 1 heterocycles. The molecular formula is C9H21N3O2S. The summed E-state index contributed by atoms with van der Waals surface area (Å²) in [6, 6.07) is 0. The Morgan fingerprint density at radius 1 is 1.53 bits per heavy atom. The van der Waals surface area contributed by atoms with Gasteiger partial charge < -0.3 is 5.73 Å². The summed E-state index contributed by atoms with van der Waals surface area (Å²) in [7, 11) is -1.61. The number of hydrogen-bond donors (Lipinski definition) is 1. The van der Waals surface area contributed by atoms with Gasteiger partial charge in [0.15, 0.2) is 0 Å². The summed E-state index contributed by atoms with van der Waals surface area (Å²) in [5, 5.41) is 0. The monoisotopic (exact) mass is 235 g/mol. The van der Waals surface area contributed by atoms with Crippen molar-refractivity contribution < 1.29 is 8.42 Å². The fourth-order valence-corrected chi connectivity index (χ4v) is 3.26. The maximum Gasteiger partial charge on any atom is 0.281 e. The van der Waals surface area contributed by atoms with E-state index in [0.29, 0.717) is 38.5 Å². The van der Waals surface area contributed by atoms with Gasteiger partial charge in [0.25, 0.3) is 10.2 Å². The second-order valence-corrected chi connectivity index (χ2v) is 6.26. The Kier molecular flexibility index (Phi) is 4.51. The molecule has 1 fully saturated rings. The summed E-state index contributed by atoms with van der Waals surface area (Å²) in [5.74, 6) is 0.475. The van der Waals surface area contributed by atoms with E-state index in [1.54, 1.807) is 11.4 Å². The summed E-state index contributed by atoms with van der Waals surface area (Å²) in [6.07, 6.45) is 1.67. The minimum absolute atomic E-state index is 0.475. The van der Waals surface area contributed by atoms with Gasteiger partial charge in [0.2, 0.25) is 0 Å². The molecule has 1 atom stereocenters. The maximum atomic E-state index is 12.0. The van der Waals surface area contributed by atoms with Crippen LogP contribution in [0.5, 0.6) is 0 Å². The Morgan fingerprint density at radius 2 is 2.20 bits per heavy atom. The van der Waals surface area contributed by atoms with Crippen molar-refractivity contribution in [2.45, 2.75) is 19.8 Å². The molecule has 5 nitrogen and oxygen atoms in total. The van der Waals surface area contributed by atoms with Gasteiger partial charge >= 0.3 is 0 Å². The van der Waals surface area contributed by atoms with E-state index < -0.39 is 10.2 Å². The summed E-state index contributed by atoms with van der Waals surface area (Å²) >= 11 is 0. The fourth-order valence-electron chi connectivity index (χ4n) is 1.73. The molecule has 0 aromatic carbocycles.